The Morgan fingerprint density at radius 3 is 2.14 bits per heavy atom. The minimum atomic E-state index is -4.10. The van der Waals surface area contributed by atoms with Gasteiger partial charge in [-0.15, -0.1) is 0 Å². The predicted octanol–water partition coefficient (Wildman–Crippen LogP) is 3.33. The molecule has 182 valence electrons. The van der Waals surface area contributed by atoms with Gasteiger partial charge in [0.1, 0.15) is 5.69 Å². The van der Waals surface area contributed by atoms with Crippen LogP contribution in [0.2, 0.25) is 0 Å². The van der Waals surface area contributed by atoms with Crippen molar-refractivity contribution >= 4 is 50.4 Å². The Bertz CT molecular complexity index is 1350. The average Bonchev–Trinajstić information content (AvgIpc) is 2.79. The monoisotopic (exact) mass is 498 g/mol. The lowest BCUT2D eigenvalue weighted by Crippen LogP contribution is -2.20. The van der Waals surface area contributed by atoms with Crippen LogP contribution in [0.3, 0.4) is 0 Å². The van der Waals surface area contributed by atoms with E-state index in [1.54, 1.807) is 48.5 Å². The number of hydrogen-bond acceptors (Lipinski definition) is 7. The highest BCUT2D eigenvalue weighted by atomic mass is 32.2. The number of nitrogens with zero attached hydrogens (tertiary/aromatic N) is 1. The lowest BCUT2D eigenvalue weighted by molar-refractivity contribution is -0.384. The van der Waals surface area contributed by atoms with E-state index in [1.165, 1.54) is 6.07 Å². The fourth-order valence-electron chi connectivity index (χ4n) is 3.01. The van der Waals surface area contributed by atoms with Gasteiger partial charge in [-0.3, -0.25) is 14.9 Å². The molecule has 0 saturated carbocycles. The van der Waals surface area contributed by atoms with Crippen LogP contribution in [0.15, 0.2) is 77.7 Å². The second kappa shape index (κ2) is 11.1. The zero-order valence-electron chi connectivity index (χ0n) is 18.2. The van der Waals surface area contributed by atoms with Gasteiger partial charge in [-0.05, 0) is 42.5 Å². The van der Waals surface area contributed by atoms with Crippen molar-refractivity contribution in [1.29, 1.82) is 0 Å². The normalized spacial score (nSPS) is 10.8. The molecule has 0 heterocycles. The van der Waals surface area contributed by atoms with Gasteiger partial charge < -0.3 is 21.3 Å². The number of primary sulfonamides is 1. The minimum absolute atomic E-state index is 0.0405. The van der Waals surface area contributed by atoms with Gasteiger partial charge in [-0.2, -0.15) is 0 Å². The molecule has 0 bridgehead atoms. The van der Waals surface area contributed by atoms with Crippen molar-refractivity contribution in [1.82, 2.24) is 0 Å². The third-order valence-electron chi connectivity index (χ3n) is 4.60. The molecule has 3 aromatic carbocycles. The molecule has 0 aliphatic carbocycles. The zero-order valence-corrected chi connectivity index (χ0v) is 19.0. The van der Waals surface area contributed by atoms with E-state index >= 15 is 0 Å². The van der Waals surface area contributed by atoms with Gasteiger partial charge in [0.05, 0.1) is 9.82 Å². The summed E-state index contributed by atoms with van der Waals surface area (Å²) in [7, 11) is -4.10. The number of nitrogens with one attached hydrogen (secondary N) is 4. The van der Waals surface area contributed by atoms with Crippen LogP contribution in [0.4, 0.5) is 33.2 Å². The van der Waals surface area contributed by atoms with E-state index in [4.69, 9.17) is 5.14 Å². The highest BCUT2D eigenvalue weighted by Crippen LogP contribution is 2.27. The van der Waals surface area contributed by atoms with Gasteiger partial charge in [-0.25, -0.2) is 18.4 Å². The van der Waals surface area contributed by atoms with Gasteiger partial charge >= 0.3 is 6.03 Å². The summed E-state index contributed by atoms with van der Waals surface area (Å²) in [4.78, 5) is 34.6. The van der Waals surface area contributed by atoms with Crippen LogP contribution >= 0.6 is 0 Å². The second-order valence-electron chi connectivity index (χ2n) is 7.23. The largest absolute Gasteiger partial charge is 0.379 e. The van der Waals surface area contributed by atoms with E-state index in [-0.39, 0.29) is 24.6 Å². The lowest BCUT2D eigenvalue weighted by atomic mass is 10.2. The molecule has 3 rings (SSSR count). The number of rotatable bonds is 9. The summed E-state index contributed by atoms with van der Waals surface area (Å²) in [6.07, 6.45) is -0.0414. The number of nitrogens with two attached hydrogens (primary N) is 1. The Morgan fingerprint density at radius 1 is 0.857 bits per heavy atom. The lowest BCUT2D eigenvalue weighted by Gasteiger charge is -2.11. The number of hydrogen-bond donors (Lipinski definition) is 5. The van der Waals surface area contributed by atoms with Crippen LogP contribution in [0.5, 0.6) is 0 Å². The second-order valence-corrected chi connectivity index (χ2v) is 8.79. The summed E-state index contributed by atoms with van der Waals surface area (Å²) >= 11 is 0. The van der Waals surface area contributed by atoms with Crippen LogP contribution in [-0.2, 0) is 14.8 Å². The maximum absolute atomic E-state index is 12.3. The molecule has 6 N–H and O–H groups in total. The number of nitro groups is 1. The molecule has 0 atom stereocenters. The first-order valence-corrected chi connectivity index (χ1v) is 11.7. The molecular formula is C22H22N6O6S. The number of anilines is 4. The first kappa shape index (κ1) is 25.1. The molecule has 3 amide bonds. The Morgan fingerprint density at radius 2 is 1.49 bits per heavy atom. The number of benzene rings is 3. The van der Waals surface area contributed by atoms with Gasteiger partial charge in [0.15, 0.2) is 0 Å². The van der Waals surface area contributed by atoms with Crippen LogP contribution in [-0.4, -0.2) is 31.8 Å². The van der Waals surface area contributed by atoms with E-state index in [1.807, 2.05) is 6.07 Å². The molecule has 0 unspecified atom stereocenters. The quantitative estimate of drug-likeness (QED) is 0.221. The predicted molar refractivity (Wildman–Crippen MR) is 132 cm³/mol. The van der Waals surface area contributed by atoms with E-state index in [2.05, 4.69) is 21.3 Å². The molecule has 0 fully saturated rings. The molecule has 0 aliphatic rings. The van der Waals surface area contributed by atoms with Crippen molar-refractivity contribution < 1.29 is 22.9 Å². The molecule has 0 spiro atoms. The van der Waals surface area contributed by atoms with Crippen molar-refractivity contribution in [3.63, 3.8) is 0 Å². The SMILES string of the molecule is NS(=O)(=O)c1ccc(NCCC(=O)Nc2cccc(NC(=O)Nc3ccccc3)c2)c([N+](=O)[O-])c1. The molecule has 35 heavy (non-hydrogen) atoms. The summed E-state index contributed by atoms with van der Waals surface area (Å²) in [5.41, 5.74) is 1.09. The number of carbonyl (C=O) groups excluding carboxylic acids is 2. The van der Waals surface area contributed by atoms with E-state index < -0.39 is 31.6 Å². The van der Waals surface area contributed by atoms with Gasteiger partial charge in [0.2, 0.25) is 15.9 Å². The maximum Gasteiger partial charge on any atom is 0.323 e. The van der Waals surface area contributed by atoms with Crippen LogP contribution in [0.25, 0.3) is 0 Å². The molecule has 12 nitrogen and oxygen atoms in total. The van der Waals surface area contributed by atoms with Crippen LogP contribution in [0, 0.1) is 10.1 Å². The number of carbonyl (C=O) groups is 2. The smallest absolute Gasteiger partial charge is 0.323 e. The van der Waals surface area contributed by atoms with Gasteiger partial charge in [-0.1, -0.05) is 24.3 Å². The average molecular weight is 499 g/mol. The van der Waals surface area contributed by atoms with Gasteiger partial charge in [0.25, 0.3) is 5.69 Å². The number of nitro benzene ring substituents is 1. The van der Waals surface area contributed by atoms with E-state index in [9.17, 15) is 28.1 Å². The topological polar surface area (TPSA) is 186 Å². The number of sulfonamides is 1. The molecule has 0 aromatic heterocycles. The van der Waals surface area contributed by atoms with Crippen molar-refractivity contribution in [2.45, 2.75) is 11.3 Å². The Kier molecular flexibility index (Phi) is 7.96. The Hall–Kier alpha value is -4.49. The third-order valence-corrected chi connectivity index (χ3v) is 5.51. The number of para-hydroxylation sites is 1. The molecule has 3 aromatic rings. The number of urea groups is 1. The molecule has 0 radical (unpaired) electrons. The van der Waals surface area contributed by atoms with E-state index in [0.29, 0.717) is 17.1 Å². The van der Waals surface area contributed by atoms with Crippen molar-refractivity contribution in [2.75, 3.05) is 27.8 Å². The first-order valence-electron chi connectivity index (χ1n) is 10.2. The van der Waals surface area contributed by atoms with Crippen LogP contribution < -0.4 is 26.4 Å². The molecule has 0 saturated heterocycles. The third kappa shape index (κ3) is 7.52. The van der Waals surface area contributed by atoms with Crippen LogP contribution in [0.1, 0.15) is 6.42 Å². The Balaban J connectivity index is 1.54. The highest BCUT2D eigenvalue weighted by molar-refractivity contribution is 7.89. The summed E-state index contributed by atoms with van der Waals surface area (Å²) in [5.74, 6) is -0.382. The van der Waals surface area contributed by atoms with Crippen molar-refractivity contribution in [3.05, 3.63) is 82.9 Å². The fraction of sp³-hybridized carbons (Fsp3) is 0.0909. The standard InChI is InChI=1S/C22H22N6O6S/c23-35(33,34)18-9-10-19(20(14-18)28(31)32)24-12-11-21(29)25-16-7-4-8-17(13-16)27-22(30)26-15-5-2-1-3-6-15/h1-10,13-14,24H,11-12H2,(H,25,29)(H2,23,33,34)(H2,26,27,30). The highest BCUT2D eigenvalue weighted by Gasteiger charge is 2.19. The van der Waals surface area contributed by atoms with E-state index in [0.717, 1.165) is 12.1 Å². The fourth-order valence-corrected chi connectivity index (χ4v) is 3.55. The summed E-state index contributed by atoms with van der Waals surface area (Å²) in [5, 5.41) is 27.1. The minimum Gasteiger partial charge on any atom is -0.379 e. The molecular weight excluding hydrogens is 476 g/mol. The molecule has 13 heteroatoms. The van der Waals surface area contributed by atoms with Gasteiger partial charge in [0, 0.05) is 36.1 Å². The number of amides is 3. The Labute approximate surface area is 200 Å². The summed E-state index contributed by atoms with van der Waals surface area (Å²) in [6, 6.07) is 18.2. The van der Waals surface area contributed by atoms with Crippen molar-refractivity contribution in [3.8, 4) is 0 Å². The summed E-state index contributed by atoms with van der Waals surface area (Å²) < 4.78 is 22.8. The van der Waals surface area contributed by atoms with Crippen molar-refractivity contribution in [2.24, 2.45) is 5.14 Å². The zero-order chi connectivity index (χ0) is 25.4. The molecule has 0 aliphatic heterocycles. The first-order chi connectivity index (χ1) is 16.6. The summed E-state index contributed by atoms with van der Waals surface area (Å²) in [6.45, 7) is 0.0405. The maximum atomic E-state index is 12.3.